The molecule has 2 unspecified atom stereocenters. The summed E-state index contributed by atoms with van der Waals surface area (Å²) >= 11 is 0. The topological polar surface area (TPSA) is 54.0 Å². The minimum absolute atomic E-state index is 0.0340. The fraction of sp³-hybridized carbons (Fsp3) is 0.294. The Balaban J connectivity index is 1.75. The Hall–Kier alpha value is -2.36. The molecule has 0 spiro atoms. The van der Waals surface area contributed by atoms with Crippen LogP contribution in [0.25, 0.3) is 0 Å². The molecule has 108 valence electrons. The molecule has 0 saturated carbocycles. The molecule has 1 aromatic carbocycles. The number of amides is 1. The Morgan fingerprint density at radius 3 is 3.00 bits per heavy atom. The Labute approximate surface area is 124 Å². The van der Waals surface area contributed by atoms with Gasteiger partial charge in [-0.2, -0.15) is 0 Å². The highest BCUT2D eigenvalue weighted by Gasteiger charge is 2.27. The van der Waals surface area contributed by atoms with Gasteiger partial charge in [-0.1, -0.05) is 24.3 Å². The number of anilines is 1. The second-order valence-electron chi connectivity index (χ2n) is 5.37. The summed E-state index contributed by atoms with van der Waals surface area (Å²) in [6.45, 7) is 2.82. The van der Waals surface area contributed by atoms with Crippen molar-refractivity contribution in [3.05, 3.63) is 59.9 Å². The van der Waals surface area contributed by atoms with Gasteiger partial charge < -0.3 is 10.6 Å². The van der Waals surface area contributed by atoms with Crippen molar-refractivity contribution in [2.75, 3.05) is 11.9 Å². The van der Waals surface area contributed by atoms with Crippen molar-refractivity contribution < 1.29 is 4.79 Å². The normalized spacial score (nSPS) is 18.2. The minimum Gasteiger partial charge on any atom is -0.385 e. The standard InChI is InChI=1S/C17H19N3O/c1-12(13-5-4-9-18-11-13)20-17(21)15-8-10-19-16-7-3-2-6-14(15)16/h2-7,9,11-12,15,19H,8,10H2,1H3,(H,20,21). The number of para-hydroxylation sites is 1. The minimum atomic E-state index is -0.0819. The van der Waals surface area contributed by atoms with Gasteiger partial charge in [0.05, 0.1) is 12.0 Å². The lowest BCUT2D eigenvalue weighted by molar-refractivity contribution is -0.123. The van der Waals surface area contributed by atoms with E-state index in [1.165, 1.54) is 0 Å². The first-order valence-electron chi connectivity index (χ1n) is 7.29. The van der Waals surface area contributed by atoms with Gasteiger partial charge in [-0.25, -0.2) is 0 Å². The van der Waals surface area contributed by atoms with E-state index in [2.05, 4.69) is 15.6 Å². The van der Waals surface area contributed by atoms with Crippen molar-refractivity contribution in [1.29, 1.82) is 0 Å². The third-order valence-corrected chi connectivity index (χ3v) is 3.94. The Morgan fingerprint density at radius 2 is 2.19 bits per heavy atom. The number of carbonyl (C=O) groups is 1. The van der Waals surface area contributed by atoms with Crippen LogP contribution in [0.15, 0.2) is 48.8 Å². The second-order valence-corrected chi connectivity index (χ2v) is 5.37. The van der Waals surface area contributed by atoms with E-state index in [4.69, 9.17) is 0 Å². The maximum absolute atomic E-state index is 12.6. The monoisotopic (exact) mass is 281 g/mol. The zero-order chi connectivity index (χ0) is 14.7. The number of fused-ring (bicyclic) bond motifs is 1. The van der Waals surface area contributed by atoms with Gasteiger partial charge in [0.2, 0.25) is 5.91 Å². The molecule has 4 nitrogen and oxygen atoms in total. The van der Waals surface area contributed by atoms with E-state index in [9.17, 15) is 4.79 Å². The molecule has 0 fully saturated rings. The highest BCUT2D eigenvalue weighted by Crippen LogP contribution is 2.31. The maximum atomic E-state index is 12.6. The van der Waals surface area contributed by atoms with Crippen molar-refractivity contribution in [2.45, 2.75) is 25.3 Å². The molecule has 2 aromatic rings. The molecule has 2 heterocycles. The number of aromatic nitrogens is 1. The molecule has 1 amide bonds. The molecule has 1 aromatic heterocycles. The zero-order valence-corrected chi connectivity index (χ0v) is 12.0. The van der Waals surface area contributed by atoms with E-state index in [0.29, 0.717) is 0 Å². The van der Waals surface area contributed by atoms with Crippen LogP contribution in [0.1, 0.15) is 36.4 Å². The smallest absolute Gasteiger partial charge is 0.228 e. The molecular weight excluding hydrogens is 262 g/mol. The number of pyridine rings is 1. The van der Waals surface area contributed by atoms with Crippen molar-refractivity contribution in [1.82, 2.24) is 10.3 Å². The molecule has 2 N–H and O–H groups in total. The zero-order valence-electron chi connectivity index (χ0n) is 12.0. The van der Waals surface area contributed by atoms with E-state index in [0.717, 1.165) is 29.8 Å². The average molecular weight is 281 g/mol. The van der Waals surface area contributed by atoms with E-state index in [1.807, 2.05) is 43.3 Å². The fourth-order valence-electron chi connectivity index (χ4n) is 2.77. The van der Waals surface area contributed by atoms with Crippen molar-refractivity contribution in [3.63, 3.8) is 0 Å². The number of carbonyl (C=O) groups excluding carboxylic acids is 1. The summed E-state index contributed by atoms with van der Waals surface area (Å²) < 4.78 is 0. The van der Waals surface area contributed by atoms with Gasteiger partial charge in [0.25, 0.3) is 0 Å². The lowest BCUT2D eigenvalue weighted by atomic mass is 9.90. The lowest BCUT2D eigenvalue weighted by Gasteiger charge is -2.27. The van der Waals surface area contributed by atoms with Crippen LogP contribution < -0.4 is 10.6 Å². The predicted molar refractivity (Wildman–Crippen MR) is 83.1 cm³/mol. The van der Waals surface area contributed by atoms with Crippen LogP contribution >= 0.6 is 0 Å². The van der Waals surface area contributed by atoms with Crippen LogP contribution in [0, 0.1) is 0 Å². The Morgan fingerprint density at radius 1 is 1.33 bits per heavy atom. The van der Waals surface area contributed by atoms with E-state index in [-0.39, 0.29) is 17.9 Å². The fourth-order valence-corrected chi connectivity index (χ4v) is 2.77. The summed E-state index contributed by atoms with van der Waals surface area (Å²) in [5.74, 6) is 0.00174. The van der Waals surface area contributed by atoms with Crippen LogP contribution in [0.2, 0.25) is 0 Å². The van der Waals surface area contributed by atoms with Gasteiger partial charge in [0, 0.05) is 24.6 Å². The van der Waals surface area contributed by atoms with Gasteiger partial charge in [0.1, 0.15) is 0 Å². The number of nitrogens with one attached hydrogen (secondary N) is 2. The quantitative estimate of drug-likeness (QED) is 0.909. The maximum Gasteiger partial charge on any atom is 0.228 e. The Kier molecular flexibility index (Phi) is 3.86. The van der Waals surface area contributed by atoms with Crippen molar-refractivity contribution >= 4 is 11.6 Å². The summed E-state index contributed by atoms with van der Waals surface area (Å²) in [6, 6.07) is 11.9. The first-order valence-corrected chi connectivity index (χ1v) is 7.29. The number of nitrogens with zero attached hydrogens (tertiary/aromatic N) is 1. The Bertz CT molecular complexity index is 627. The highest BCUT2D eigenvalue weighted by atomic mass is 16.1. The molecule has 0 saturated heterocycles. The number of hydrogen-bond acceptors (Lipinski definition) is 3. The van der Waals surface area contributed by atoms with Gasteiger partial charge in [0.15, 0.2) is 0 Å². The van der Waals surface area contributed by atoms with Gasteiger partial charge in [-0.15, -0.1) is 0 Å². The van der Waals surface area contributed by atoms with Crippen LogP contribution in [-0.2, 0) is 4.79 Å². The van der Waals surface area contributed by atoms with Crippen LogP contribution in [0.5, 0.6) is 0 Å². The summed E-state index contributed by atoms with van der Waals surface area (Å²) in [7, 11) is 0. The molecule has 2 atom stereocenters. The average Bonchev–Trinajstić information content (AvgIpc) is 2.55. The first-order chi connectivity index (χ1) is 10.3. The van der Waals surface area contributed by atoms with Gasteiger partial charge in [-0.3, -0.25) is 9.78 Å². The molecule has 1 aliphatic heterocycles. The number of hydrogen-bond donors (Lipinski definition) is 2. The molecular formula is C17H19N3O. The van der Waals surface area contributed by atoms with Crippen LogP contribution in [-0.4, -0.2) is 17.4 Å². The third-order valence-electron chi connectivity index (χ3n) is 3.94. The molecule has 4 heteroatoms. The van der Waals surface area contributed by atoms with E-state index in [1.54, 1.807) is 12.4 Å². The summed E-state index contributed by atoms with van der Waals surface area (Å²) in [4.78, 5) is 16.7. The summed E-state index contributed by atoms with van der Waals surface area (Å²) in [5, 5.41) is 6.44. The molecule has 21 heavy (non-hydrogen) atoms. The number of rotatable bonds is 3. The molecule has 0 aliphatic carbocycles. The van der Waals surface area contributed by atoms with Gasteiger partial charge in [-0.05, 0) is 36.6 Å². The van der Waals surface area contributed by atoms with Crippen molar-refractivity contribution in [3.8, 4) is 0 Å². The van der Waals surface area contributed by atoms with Gasteiger partial charge >= 0.3 is 0 Å². The number of benzene rings is 1. The molecule has 3 rings (SSSR count). The van der Waals surface area contributed by atoms with Crippen LogP contribution in [0.4, 0.5) is 5.69 Å². The SMILES string of the molecule is CC(NC(=O)C1CCNc2ccccc21)c1cccnc1. The molecule has 0 radical (unpaired) electrons. The third kappa shape index (κ3) is 2.89. The second kappa shape index (κ2) is 5.95. The van der Waals surface area contributed by atoms with Crippen molar-refractivity contribution in [2.24, 2.45) is 0 Å². The van der Waals surface area contributed by atoms with E-state index < -0.39 is 0 Å². The summed E-state index contributed by atoms with van der Waals surface area (Å²) in [5.41, 5.74) is 3.17. The highest BCUT2D eigenvalue weighted by molar-refractivity contribution is 5.86. The first kappa shape index (κ1) is 13.6. The van der Waals surface area contributed by atoms with Crippen LogP contribution in [0.3, 0.4) is 0 Å². The molecule has 1 aliphatic rings. The predicted octanol–water partition coefficient (Wildman–Crippen LogP) is 2.86. The molecule has 0 bridgehead atoms. The largest absolute Gasteiger partial charge is 0.385 e. The summed E-state index contributed by atoms with van der Waals surface area (Å²) in [6.07, 6.45) is 4.35. The van der Waals surface area contributed by atoms with E-state index >= 15 is 0 Å². The lowest BCUT2D eigenvalue weighted by Crippen LogP contribution is -2.34.